The maximum Gasteiger partial charge on any atom is 0.252 e. The Morgan fingerprint density at radius 2 is 2.50 bits per heavy atom. The van der Waals surface area contributed by atoms with Crippen LogP contribution in [-0.2, 0) is 9.53 Å². The fourth-order valence-corrected chi connectivity index (χ4v) is 2.25. The maximum absolute atomic E-state index is 12.0. The molecule has 2 aliphatic rings. The molecule has 2 heterocycles. The number of ether oxygens (including phenoxy) is 1. The van der Waals surface area contributed by atoms with Crippen LogP contribution >= 0.6 is 0 Å². The standard InChI is InChI=1S/C11H17NO2/c1-3-8(2)10-11(13)12-6-4-5-9(12)7-14-10/h3,8-10H,1,4-7H2,2H3. The molecule has 0 spiro atoms. The summed E-state index contributed by atoms with van der Waals surface area (Å²) in [4.78, 5) is 13.9. The lowest BCUT2D eigenvalue weighted by Gasteiger charge is -2.36. The van der Waals surface area contributed by atoms with Crippen LogP contribution in [0.15, 0.2) is 12.7 Å². The third-order valence-corrected chi connectivity index (χ3v) is 3.22. The van der Waals surface area contributed by atoms with E-state index in [0.29, 0.717) is 12.6 Å². The first-order valence-electron chi connectivity index (χ1n) is 5.28. The Bertz CT molecular complexity index is 252. The molecular weight excluding hydrogens is 178 g/mol. The lowest BCUT2D eigenvalue weighted by atomic mass is 10.0. The van der Waals surface area contributed by atoms with Crippen molar-refractivity contribution in [1.82, 2.24) is 4.90 Å². The summed E-state index contributed by atoms with van der Waals surface area (Å²) >= 11 is 0. The monoisotopic (exact) mass is 195 g/mol. The Balaban J connectivity index is 2.09. The van der Waals surface area contributed by atoms with Crippen LogP contribution in [0, 0.1) is 5.92 Å². The molecule has 2 fully saturated rings. The summed E-state index contributed by atoms with van der Waals surface area (Å²) in [6.45, 7) is 7.30. The molecule has 14 heavy (non-hydrogen) atoms. The van der Waals surface area contributed by atoms with Gasteiger partial charge in [0.2, 0.25) is 0 Å². The van der Waals surface area contributed by atoms with Crippen LogP contribution in [0.1, 0.15) is 19.8 Å². The molecule has 78 valence electrons. The number of nitrogens with zero attached hydrogens (tertiary/aromatic N) is 1. The van der Waals surface area contributed by atoms with Crippen LogP contribution in [0.5, 0.6) is 0 Å². The molecule has 0 N–H and O–H groups in total. The van der Waals surface area contributed by atoms with E-state index >= 15 is 0 Å². The molecule has 1 amide bonds. The van der Waals surface area contributed by atoms with Crippen LogP contribution in [-0.4, -0.2) is 36.1 Å². The zero-order valence-electron chi connectivity index (χ0n) is 8.61. The van der Waals surface area contributed by atoms with E-state index in [4.69, 9.17) is 4.74 Å². The number of carbonyl (C=O) groups excluding carboxylic acids is 1. The quantitative estimate of drug-likeness (QED) is 0.620. The van der Waals surface area contributed by atoms with E-state index < -0.39 is 0 Å². The van der Waals surface area contributed by atoms with Crippen LogP contribution in [0.4, 0.5) is 0 Å². The van der Waals surface area contributed by atoms with Crippen molar-refractivity contribution in [2.45, 2.75) is 31.9 Å². The molecular formula is C11H17NO2. The van der Waals surface area contributed by atoms with Crippen molar-refractivity contribution in [1.29, 1.82) is 0 Å². The number of amides is 1. The number of carbonyl (C=O) groups is 1. The largest absolute Gasteiger partial charge is 0.366 e. The minimum absolute atomic E-state index is 0.115. The van der Waals surface area contributed by atoms with E-state index in [1.54, 1.807) is 6.08 Å². The van der Waals surface area contributed by atoms with Gasteiger partial charge in [-0.15, -0.1) is 6.58 Å². The molecule has 0 bridgehead atoms. The highest BCUT2D eigenvalue weighted by atomic mass is 16.5. The normalized spacial score (nSPS) is 34.1. The predicted octanol–water partition coefficient (Wildman–Crippen LogP) is 1.20. The first kappa shape index (κ1) is 9.71. The Kier molecular flexibility index (Phi) is 2.59. The number of hydrogen-bond acceptors (Lipinski definition) is 2. The molecule has 0 aliphatic carbocycles. The van der Waals surface area contributed by atoms with Gasteiger partial charge in [-0.05, 0) is 12.8 Å². The van der Waals surface area contributed by atoms with Gasteiger partial charge in [-0.3, -0.25) is 4.79 Å². The Hall–Kier alpha value is -0.830. The lowest BCUT2D eigenvalue weighted by Crippen LogP contribution is -2.52. The number of hydrogen-bond donors (Lipinski definition) is 0. The van der Waals surface area contributed by atoms with Crippen molar-refractivity contribution in [3.63, 3.8) is 0 Å². The average molecular weight is 195 g/mol. The van der Waals surface area contributed by atoms with Crippen molar-refractivity contribution < 1.29 is 9.53 Å². The second-order valence-corrected chi connectivity index (χ2v) is 4.18. The van der Waals surface area contributed by atoms with Gasteiger partial charge in [0.15, 0.2) is 0 Å². The molecule has 0 radical (unpaired) electrons. The molecule has 0 aromatic carbocycles. The first-order valence-corrected chi connectivity index (χ1v) is 5.28. The minimum atomic E-state index is -0.290. The fraction of sp³-hybridized carbons (Fsp3) is 0.727. The van der Waals surface area contributed by atoms with Gasteiger partial charge >= 0.3 is 0 Å². The van der Waals surface area contributed by atoms with Crippen LogP contribution in [0.3, 0.4) is 0 Å². The van der Waals surface area contributed by atoms with E-state index in [9.17, 15) is 4.79 Å². The molecule has 2 rings (SSSR count). The molecule has 3 unspecified atom stereocenters. The highest BCUT2D eigenvalue weighted by molar-refractivity contribution is 5.82. The highest BCUT2D eigenvalue weighted by Gasteiger charge is 2.40. The van der Waals surface area contributed by atoms with Gasteiger partial charge in [0.05, 0.1) is 12.6 Å². The molecule has 0 saturated carbocycles. The molecule has 0 aromatic heterocycles. The van der Waals surface area contributed by atoms with E-state index in [2.05, 4.69) is 6.58 Å². The van der Waals surface area contributed by atoms with Gasteiger partial charge in [0.25, 0.3) is 5.91 Å². The van der Waals surface area contributed by atoms with E-state index in [-0.39, 0.29) is 17.9 Å². The molecule has 0 aromatic rings. The Labute approximate surface area is 84.7 Å². The van der Waals surface area contributed by atoms with Crippen LogP contribution in [0.2, 0.25) is 0 Å². The van der Waals surface area contributed by atoms with Crippen molar-refractivity contribution in [3.05, 3.63) is 12.7 Å². The summed E-state index contributed by atoms with van der Waals surface area (Å²) in [5, 5.41) is 0. The lowest BCUT2D eigenvalue weighted by molar-refractivity contribution is -0.159. The van der Waals surface area contributed by atoms with Crippen molar-refractivity contribution in [2.24, 2.45) is 5.92 Å². The Morgan fingerprint density at radius 3 is 3.21 bits per heavy atom. The fourth-order valence-electron chi connectivity index (χ4n) is 2.25. The third kappa shape index (κ3) is 1.46. The SMILES string of the molecule is C=CC(C)C1OCC2CCCN2C1=O. The zero-order valence-corrected chi connectivity index (χ0v) is 8.61. The van der Waals surface area contributed by atoms with E-state index in [1.807, 2.05) is 11.8 Å². The summed E-state index contributed by atoms with van der Waals surface area (Å²) in [6, 6.07) is 0.343. The minimum Gasteiger partial charge on any atom is -0.366 e. The molecule has 3 atom stereocenters. The van der Waals surface area contributed by atoms with Gasteiger partial charge in [-0.25, -0.2) is 0 Å². The summed E-state index contributed by atoms with van der Waals surface area (Å²) in [7, 11) is 0. The van der Waals surface area contributed by atoms with Gasteiger partial charge in [0.1, 0.15) is 6.10 Å². The average Bonchev–Trinajstić information content (AvgIpc) is 2.66. The zero-order chi connectivity index (χ0) is 10.1. The summed E-state index contributed by atoms with van der Waals surface area (Å²) in [5.74, 6) is 0.273. The summed E-state index contributed by atoms with van der Waals surface area (Å²) in [6.07, 6.45) is 3.72. The van der Waals surface area contributed by atoms with Gasteiger partial charge in [-0.2, -0.15) is 0 Å². The summed E-state index contributed by atoms with van der Waals surface area (Å²) < 4.78 is 5.59. The second-order valence-electron chi connectivity index (χ2n) is 4.18. The predicted molar refractivity (Wildman–Crippen MR) is 53.8 cm³/mol. The smallest absolute Gasteiger partial charge is 0.252 e. The van der Waals surface area contributed by atoms with Gasteiger partial charge in [0, 0.05) is 12.5 Å². The second kappa shape index (κ2) is 3.73. The molecule has 3 heteroatoms. The number of rotatable bonds is 2. The Morgan fingerprint density at radius 1 is 1.71 bits per heavy atom. The van der Waals surface area contributed by atoms with Crippen molar-refractivity contribution >= 4 is 5.91 Å². The van der Waals surface area contributed by atoms with Gasteiger partial charge in [-0.1, -0.05) is 13.0 Å². The van der Waals surface area contributed by atoms with Crippen molar-refractivity contribution in [2.75, 3.05) is 13.2 Å². The highest BCUT2D eigenvalue weighted by Crippen LogP contribution is 2.26. The van der Waals surface area contributed by atoms with Crippen LogP contribution < -0.4 is 0 Å². The van der Waals surface area contributed by atoms with Crippen molar-refractivity contribution in [3.8, 4) is 0 Å². The third-order valence-electron chi connectivity index (χ3n) is 3.22. The first-order chi connectivity index (χ1) is 6.74. The molecule has 3 nitrogen and oxygen atoms in total. The van der Waals surface area contributed by atoms with Crippen LogP contribution in [0.25, 0.3) is 0 Å². The number of morpholine rings is 1. The maximum atomic E-state index is 12.0. The van der Waals surface area contributed by atoms with E-state index in [0.717, 1.165) is 19.4 Å². The molecule has 2 aliphatic heterocycles. The van der Waals surface area contributed by atoms with Gasteiger partial charge < -0.3 is 9.64 Å². The number of fused-ring (bicyclic) bond motifs is 1. The molecule has 2 saturated heterocycles. The summed E-state index contributed by atoms with van der Waals surface area (Å²) in [5.41, 5.74) is 0. The van der Waals surface area contributed by atoms with E-state index in [1.165, 1.54) is 0 Å². The topological polar surface area (TPSA) is 29.5 Å².